The van der Waals surface area contributed by atoms with E-state index in [1.165, 1.54) is 65.5 Å². The van der Waals surface area contributed by atoms with Gasteiger partial charge in [-0.05, 0) is 41.1 Å². The van der Waals surface area contributed by atoms with Gasteiger partial charge in [-0.2, -0.15) is 0 Å². The molecule has 9 aromatic rings. The number of furan rings is 1. The molecule has 0 saturated heterocycles. The van der Waals surface area contributed by atoms with E-state index in [1.54, 1.807) is 0 Å². The summed E-state index contributed by atoms with van der Waals surface area (Å²) in [5.41, 5.74) is 18.9. The Kier molecular flexibility index (Phi) is 7.48. The van der Waals surface area contributed by atoms with Gasteiger partial charge in [0.05, 0.1) is 0 Å². The molecule has 0 aliphatic carbocycles. The second-order valence-corrected chi connectivity index (χ2v) is 14.3. The number of fused-ring (bicyclic) bond motifs is 6. The van der Waals surface area contributed by atoms with Gasteiger partial charge in [0, 0.05) is 44.2 Å². The van der Waals surface area contributed by atoms with E-state index < -0.39 is 0 Å². The van der Waals surface area contributed by atoms with E-state index in [1.807, 2.05) is 60.7 Å². The van der Waals surface area contributed by atoms with E-state index in [0.717, 1.165) is 44.3 Å². The van der Waals surface area contributed by atoms with Crippen LogP contribution in [0.3, 0.4) is 0 Å². The fourth-order valence-corrected chi connectivity index (χ4v) is 8.11. The SMILES string of the molecule is Bc1c(B)c(B)c2c(c1B)c1c(B)c(B)c(B)c(B)c1n2-c1ccc2oc3cc(-c4nc(-c5ccccc5)nc(-c5ccccc5)n4)ccc3c2c1. The molecular formula is C39H32B8N4O. The lowest BCUT2D eigenvalue weighted by atomic mass is 9.63. The van der Waals surface area contributed by atoms with Gasteiger partial charge in [-0.25, -0.2) is 15.0 Å². The number of benzene rings is 6. The Balaban J connectivity index is 1.26. The lowest BCUT2D eigenvalue weighted by Gasteiger charge is -2.17. The quantitative estimate of drug-likeness (QED) is 0.181. The summed E-state index contributed by atoms with van der Waals surface area (Å²) in [6.07, 6.45) is 0. The average Bonchev–Trinajstić information content (AvgIpc) is 3.74. The van der Waals surface area contributed by atoms with Gasteiger partial charge in [0.1, 0.15) is 73.9 Å². The lowest BCUT2D eigenvalue weighted by molar-refractivity contribution is 0.669. The molecule has 0 aliphatic rings. The Morgan fingerprint density at radius 2 is 0.885 bits per heavy atom. The number of hydrogen-bond acceptors (Lipinski definition) is 4. The molecule has 0 saturated carbocycles. The van der Waals surface area contributed by atoms with E-state index in [9.17, 15) is 0 Å². The summed E-state index contributed by atoms with van der Waals surface area (Å²) in [4.78, 5) is 14.8. The van der Waals surface area contributed by atoms with Crippen LogP contribution in [0.25, 0.3) is 83.6 Å². The van der Waals surface area contributed by atoms with Crippen molar-refractivity contribution in [3.63, 3.8) is 0 Å². The maximum absolute atomic E-state index is 6.57. The van der Waals surface area contributed by atoms with Gasteiger partial charge in [-0.1, -0.05) is 99.5 Å². The van der Waals surface area contributed by atoms with E-state index in [2.05, 4.69) is 104 Å². The summed E-state index contributed by atoms with van der Waals surface area (Å²) < 4.78 is 9.08. The van der Waals surface area contributed by atoms with Gasteiger partial charge in [0.25, 0.3) is 0 Å². The summed E-state index contributed by atoms with van der Waals surface area (Å²) in [6, 6.07) is 33.1. The second-order valence-electron chi connectivity index (χ2n) is 14.3. The van der Waals surface area contributed by atoms with Gasteiger partial charge in [-0.3, -0.25) is 0 Å². The molecule has 9 rings (SSSR count). The molecule has 3 heterocycles. The smallest absolute Gasteiger partial charge is 0.164 e. The average molecular weight is 659 g/mol. The van der Waals surface area contributed by atoms with E-state index in [-0.39, 0.29) is 0 Å². The molecule has 0 aliphatic heterocycles. The molecule has 0 atom stereocenters. The van der Waals surface area contributed by atoms with Crippen molar-refractivity contribution in [3.8, 4) is 39.9 Å². The molecule has 5 nitrogen and oxygen atoms in total. The highest BCUT2D eigenvalue weighted by Gasteiger charge is 2.24. The topological polar surface area (TPSA) is 56.7 Å². The monoisotopic (exact) mass is 660 g/mol. The van der Waals surface area contributed by atoms with Gasteiger partial charge in [-0.15, -0.1) is 10.9 Å². The number of hydrogen-bond donors (Lipinski definition) is 0. The van der Waals surface area contributed by atoms with Crippen LogP contribution in [0.5, 0.6) is 0 Å². The summed E-state index contributed by atoms with van der Waals surface area (Å²) in [5, 5.41) is 4.87. The van der Waals surface area contributed by atoms with Crippen LogP contribution in [-0.4, -0.2) is 82.3 Å². The van der Waals surface area contributed by atoms with Crippen LogP contribution < -0.4 is 43.7 Å². The van der Waals surface area contributed by atoms with Crippen LogP contribution in [0.2, 0.25) is 0 Å². The minimum absolute atomic E-state index is 0.606. The Bertz CT molecular complexity index is 2810. The first-order valence-corrected chi connectivity index (χ1v) is 18.0. The summed E-state index contributed by atoms with van der Waals surface area (Å²) in [5.74, 6) is 1.88. The van der Waals surface area contributed by atoms with Gasteiger partial charge < -0.3 is 8.98 Å². The summed E-state index contributed by atoms with van der Waals surface area (Å²) in [7, 11) is 18.2. The molecule has 6 aromatic carbocycles. The Morgan fingerprint density at radius 3 is 1.40 bits per heavy atom. The third-order valence-corrected chi connectivity index (χ3v) is 11.7. The molecule has 0 N–H and O–H groups in total. The third-order valence-electron chi connectivity index (χ3n) is 11.7. The predicted molar refractivity (Wildman–Crippen MR) is 243 cm³/mol. The van der Waals surface area contributed by atoms with Crippen molar-refractivity contribution in [2.45, 2.75) is 0 Å². The zero-order valence-corrected chi connectivity index (χ0v) is 30.9. The second kappa shape index (κ2) is 12.0. The number of rotatable bonds is 4. The van der Waals surface area contributed by atoms with Crippen LogP contribution in [0.1, 0.15) is 0 Å². The fraction of sp³-hybridized carbons (Fsp3) is 0. The van der Waals surface area contributed by atoms with E-state index >= 15 is 0 Å². The predicted octanol–water partition coefficient (Wildman–Crippen LogP) is -4.06. The molecule has 0 fully saturated rings. The minimum Gasteiger partial charge on any atom is -0.456 e. The van der Waals surface area contributed by atoms with E-state index in [0.29, 0.717) is 17.5 Å². The highest BCUT2D eigenvalue weighted by atomic mass is 16.3. The largest absolute Gasteiger partial charge is 0.456 e. The maximum atomic E-state index is 6.57. The van der Waals surface area contributed by atoms with Crippen molar-refractivity contribution < 1.29 is 4.42 Å². The number of aromatic nitrogens is 4. The number of nitrogens with zero attached hydrogens (tertiary/aromatic N) is 4. The van der Waals surface area contributed by atoms with Gasteiger partial charge >= 0.3 is 0 Å². The summed E-state index contributed by atoms with van der Waals surface area (Å²) >= 11 is 0. The molecule has 0 bridgehead atoms. The van der Waals surface area contributed by atoms with Crippen molar-refractivity contribution >= 4 is 150 Å². The van der Waals surface area contributed by atoms with Crippen LogP contribution in [-0.2, 0) is 0 Å². The van der Waals surface area contributed by atoms with Gasteiger partial charge in [0.15, 0.2) is 17.5 Å². The van der Waals surface area contributed by atoms with Crippen molar-refractivity contribution in [1.29, 1.82) is 0 Å². The highest BCUT2D eigenvalue weighted by Crippen LogP contribution is 2.35. The van der Waals surface area contributed by atoms with Crippen molar-refractivity contribution in [3.05, 3.63) is 97.1 Å². The molecule has 52 heavy (non-hydrogen) atoms. The molecule has 238 valence electrons. The van der Waals surface area contributed by atoms with Crippen LogP contribution in [0.15, 0.2) is 101 Å². The van der Waals surface area contributed by atoms with Crippen molar-refractivity contribution in [2.75, 3.05) is 0 Å². The highest BCUT2D eigenvalue weighted by molar-refractivity contribution is 6.71. The zero-order chi connectivity index (χ0) is 36.0. The van der Waals surface area contributed by atoms with Crippen LogP contribution in [0, 0.1) is 0 Å². The van der Waals surface area contributed by atoms with E-state index in [4.69, 9.17) is 19.4 Å². The molecule has 3 aromatic heterocycles. The maximum Gasteiger partial charge on any atom is 0.164 e. The minimum atomic E-state index is 0.606. The first kappa shape index (κ1) is 32.4. The zero-order valence-electron chi connectivity index (χ0n) is 30.9. The van der Waals surface area contributed by atoms with Crippen molar-refractivity contribution in [1.82, 2.24) is 19.5 Å². The molecule has 0 amide bonds. The van der Waals surface area contributed by atoms with Crippen molar-refractivity contribution in [2.24, 2.45) is 0 Å². The molecular weight excluding hydrogens is 627 g/mol. The Labute approximate surface area is 309 Å². The van der Waals surface area contributed by atoms with Crippen LogP contribution in [0.4, 0.5) is 0 Å². The fourth-order valence-electron chi connectivity index (χ4n) is 8.11. The third kappa shape index (κ3) is 4.78. The molecule has 0 radical (unpaired) electrons. The normalized spacial score (nSPS) is 11.7. The molecule has 0 spiro atoms. The Morgan fingerprint density at radius 1 is 0.404 bits per heavy atom. The lowest BCUT2D eigenvalue weighted by Crippen LogP contribution is -2.49. The molecule has 13 heteroatoms. The summed E-state index contributed by atoms with van der Waals surface area (Å²) in [6.45, 7) is 0. The first-order chi connectivity index (χ1) is 25.1. The Hall–Kier alpha value is -5.55. The van der Waals surface area contributed by atoms with Crippen LogP contribution >= 0.6 is 0 Å². The standard InChI is InChI=1S/C39H32B8N4O/c40-27-25-26-28(41)30(43)32(45)34(47)36(26)51(35(25)33(46)31(44)29(27)42)20-12-14-23-22(16-20)21-13-11-19(15-24(21)52-23)39-49-37(17-7-3-1-4-8-17)48-38(50-39)18-9-5-2-6-10-18/h1-16H,40-47H2. The first-order valence-electron chi connectivity index (χ1n) is 18.0. The molecule has 0 unspecified atom stereocenters. The van der Waals surface area contributed by atoms with Gasteiger partial charge in [0.2, 0.25) is 0 Å².